The molecule has 2 fully saturated rings. The molecular weight excluding hydrogens is 745 g/mol. The molecule has 2 saturated heterocycles. The van der Waals surface area contributed by atoms with Crippen LogP contribution in [0.2, 0.25) is 0 Å². The Kier molecular flexibility index (Phi) is 19.1. The highest BCUT2D eigenvalue weighted by molar-refractivity contribution is 5.89. The monoisotopic (exact) mass is 806 g/mol. The quantitative estimate of drug-likeness (QED) is 0.0945. The van der Waals surface area contributed by atoms with Crippen LogP contribution in [-0.2, 0) is 60.6 Å². The van der Waals surface area contributed by atoms with Gasteiger partial charge in [0.25, 0.3) is 0 Å². The molecule has 2 N–H and O–H groups in total. The minimum Gasteiger partial charge on any atom is -0.465 e. The van der Waals surface area contributed by atoms with Crippen LogP contribution in [0.15, 0.2) is 60.7 Å². The molecule has 0 bridgehead atoms. The van der Waals surface area contributed by atoms with Crippen molar-refractivity contribution in [1.82, 2.24) is 20.4 Å². The Bertz CT molecular complexity index is 1510. The van der Waals surface area contributed by atoms with Crippen molar-refractivity contribution in [1.29, 1.82) is 0 Å². The van der Waals surface area contributed by atoms with Crippen LogP contribution >= 0.6 is 0 Å². The Morgan fingerprint density at radius 2 is 0.983 bits per heavy atom. The van der Waals surface area contributed by atoms with Crippen LogP contribution in [0, 0.1) is 0 Å². The number of aryl methyl sites for hydroxylation is 2. The van der Waals surface area contributed by atoms with Crippen molar-refractivity contribution in [2.75, 3.05) is 39.5 Å². The first-order valence-electron chi connectivity index (χ1n) is 20.9. The number of carbonyl (C=O) groups is 6. The minimum atomic E-state index is -0.731. The van der Waals surface area contributed by atoms with Crippen LogP contribution in [0.25, 0.3) is 0 Å². The van der Waals surface area contributed by atoms with Crippen LogP contribution in [0.5, 0.6) is 0 Å². The summed E-state index contributed by atoms with van der Waals surface area (Å²) in [5, 5.41) is 6.28. The Balaban J connectivity index is 1.18. The second-order valence-corrected chi connectivity index (χ2v) is 14.9. The average Bonchev–Trinajstić information content (AvgIpc) is 3.93. The highest BCUT2D eigenvalue weighted by Gasteiger charge is 2.39. The van der Waals surface area contributed by atoms with Gasteiger partial charge in [0.2, 0.25) is 11.8 Å². The molecule has 2 aliphatic rings. The first-order valence-corrected chi connectivity index (χ1v) is 20.9. The molecule has 2 amide bonds. The van der Waals surface area contributed by atoms with Gasteiger partial charge in [0.1, 0.15) is 24.2 Å². The smallest absolute Gasteiger partial charge is 0.328 e. The summed E-state index contributed by atoms with van der Waals surface area (Å²) in [5.41, 5.74) is 2.14. The van der Waals surface area contributed by atoms with Crippen molar-refractivity contribution in [2.24, 2.45) is 0 Å². The Labute approximate surface area is 342 Å². The molecular formula is C44H62N4O10. The topological polar surface area (TPSA) is 170 Å². The second-order valence-electron chi connectivity index (χ2n) is 14.9. The van der Waals surface area contributed by atoms with Gasteiger partial charge in [-0.15, -0.1) is 0 Å². The zero-order chi connectivity index (χ0) is 41.9. The number of unbranched alkanes of at least 4 members (excludes halogenated alkanes) is 1. The lowest BCUT2D eigenvalue weighted by molar-refractivity contribution is -0.155. The summed E-state index contributed by atoms with van der Waals surface area (Å²) in [6.45, 7) is 8.30. The maximum atomic E-state index is 13.5. The number of hydrogen-bond acceptors (Lipinski definition) is 12. The molecule has 0 saturated carbocycles. The fourth-order valence-corrected chi connectivity index (χ4v) is 7.47. The van der Waals surface area contributed by atoms with E-state index in [-0.39, 0.29) is 38.2 Å². The fourth-order valence-electron chi connectivity index (χ4n) is 7.47. The molecule has 2 aromatic rings. The van der Waals surface area contributed by atoms with Gasteiger partial charge >= 0.3 is 23.9 Å². The van der Waals surface area contributed by atoms with Gasteiger partial charge < -0.3 is 28.7 Å². The number of carbonyl (C=O) groups excluding carboxylic acids is 6. The summed E-state index contributed by atoms with van der Waals surface area (Å²) in [5.74, 6) is -2.40. The third kappa shape index (κ3) is 13.9. The SMILES string of the molecule is CCOC(=O)C(CCc1ccccc1)NC(C)C(=O)N1CCCC1C(=O)OCCCCOC(=O)C1CCCN1C(=O)C(C)NC(CCc1ccccc1)C(=O)OCC. The molecule has 0 radical (unpaired) electrons. The van der Waals surface area contributed by atoms with Gasteiger partial charge in [0.15, 0.2) is 0 Å². The summed E-state index contributed by atoms with van der Waals surface area (Å²) in [6, 6.07) is 15.3. The van der Waals surface area contributed by atoms with Crippen molar-refractivity contribution < 1.29 is 47.7 Å². The van der Waals surface area contributed by atoms with Gasteiger partial charge in [-0.05, 0) is 103 Å². The van der Waals surface area contributed by atoms with Crippen molar-refractivity contribution in [3.63, 3.8) is 0 Å². The van der Waals surface area contributed by atoms with E-state index in [1.54, 1.807) is 27.7 Å². The van der Waals surface area contributed by atoms with Crippen LogP contribution in [0.3, 0.4) is 0 Å². The normalized spacial score (nSPS) is 18.5. The standard InChI is InChI=1S/C44H62N4O10/c1-5-55-41(51)35(25-23-33-17-9-7-10-18-33)45-31(3)39(49)47-27-15-21-37(47)43(53)57-29-13-14-30-58-44(54)38-22-16-28-48(38)40(50)32(4)46-36(42(52)56-6-2)26-24-34-19-11-8-12-20-34/h7-12,17-20,31-32,35-38,45-46H,5-6,13-16,21-30H2,1-4H3. The Morgan fingerprint density at radius 3 is 1.34 bits per heavy atom. The molecule has 14 nitrogen and oxygen atoms in total. The third-order valence-electron chi connectivity index (χ3n) is 10.6. The van der Waals surface area contributed by atoms with Gasteiger partial charge in [-0.25, -0.2) is 9.59 Å². The molecule has 0 spiro atoms. The van der Waals surface area contributed by atoms with Gasteiger partial charge in [-0.1, -0.05) is 60.7 Å². The molecule has 6 unspecified atom stereocenters. The largest absolute Gasteiger partial charge is 0.465 e. The number of rotatable bonds is 23. The number of nitrogens with zero attached hydrogens (tertiary/aromatic N) is 2. The number of hydrogen-bond donors (Lipinski definition) is 2. The Morgan fingerprint density at radius 1 is 0.603 bits per heavy atom. The van der Waals surface area contributed by atoms with E-state index in [1.807, 2.05) is 60.7 Å². The summed E-state index contributed by atoms with van der Waals surface area (Å²) < 4.78 is 21.7. The summed E-state index contributed by atoms with van der Waals surface area (Å²) >= 11 is 0. The van der Waals surface area contributed by atoms with Crippen molar-refractivity contribution in [2.45, 2.75) is 128 Å². The van der Waals surface area contributed by atoms with E-state index in [4.69, 9.17) is 18.9 Å². The van der Waals surface area contributed by atoms with Crippen LogP contribution in [0.1, 0.15) is 90.2 Å². The lowest BCUT2D eigenvalue weighted by Gasteiger charge is -2.28. The lowest BCUT2D eigenvalue weighted by atomic mass is 10.0. The zero-order valence-electron chi connectivity index (χ0n) is 34.5. The Hall–Kier alpha value is -4.82. The maximum absolute atomic E-state index is 13.5. The van der Waals surface area contributed by atoms with Crippen molar-refractivity contribution >= 4 is 35.7 Å². The van der Waals surface area contributed by atoms with Gasteiger partial charge in [-0.2, -0.15) is 0 Å². The molecule has 2 aliphatic heterocycles. The van der Waals surface area contributed by atoms with Crippen LogP contribution in [0.4, 0.5) is 0 Å². The molecule has 58 heavy (non-hydrogen) atoms. The molecule has 4 rings (SSSR count). The molecule has 14 heteroatoms. The average molecular weight is 807 g/mol. The molecule has 2 heterocycles. The van der Waals surface area contributed by atoms with E-state index in [0.717, 1.165) is 11.1 Å². The molecule has 6 atom stereocenters. The predicted molar refractivity (Wildman–Crippen MR) is 216 cm³/mol. The highest BCUT2D eigenvalue weighted by atomic mass is 16.5. The van der Waals surface area contributed by atoms with Crippen LogP contribution in [-0.4, -0.2) is 121 Å². The maximum Gasteiger partial charge on any atom is 0.328 e. The third-order valence-corrected chi connectivity index (χ3v) is 10.6. The van der Waals surface area contributed by atoms with E-state index in [2.05, 4.69) is 10.6 Å². The molecule has 318 valence electrons. The second kappa shape index (κ2) is 24.2. The van der Waals surface area contributed by atoms with Gasteiger partial charge in [0.05, 0.1) is 38.5 Å². The van der Waals surface area contributed by atoms with E-state index >= 15 is 0 Å². The molecule has 2 aromatic carbocycles. The first kappa shape index (κ1) is 45.9. The van der Waals surface area contributed by atoms with E-state index in [1.165, 1.54) is 9.80 Å². The van der Waals surface area contributed by atoms with E-state index in [9.17, 15) is 28.8 Å². The van der Waals surface area contributed by atoms with Gasteiger partial charge in [-0.3, -0.25) is 29.8 Å². The predicted octanol–water partition coefficient (Wildman–Crippen LogP) is 3.92. The highest BCUT2D eigenvalue weighted by Crippen LogP contribution is 2.22. The molecule has 0 aromatic heterocycles. The zero-order valence-corrected chi connectivity index (χ0v) is 34.5. The number of likely N-dealkylation sites (tertiary alicyclic amines) is 2. The number of nitrogens with one attached hydrogen (secondary N) is 2. The molecule has 0 aliphatic carbocycles. The number of esters is 4. The fraction of sp³-hybridized carbons (Fsp3) is 0.591. The minimum absolute atomic E-state index is 0.0935. The van der Waals surface area contributed by atoms with Crippen molar-refractivity contribution in [3.8, 4) is 0 Å². The van der Waals surface area contributed by atoms with E-state index in [0.29, 0.717) is 77.3 Å². The van der Waals surface area contributed by atoms with Gasteiger partial charge in [0, 0.05) is 13.1 Å². The number of amides is 2. The summed E-state index contributed by atoms with van der Waals surface area (Å²) in [6.07, 6.45) is 5.29. The summed E-state index contributed by atoms with van der Waals surface area (Å²) in [7, 11) is 0. The number of benzene rings is 2. The van der Waals surface area contributed by atoms with E-state index < -0.39 is 60.1 Å². The summed E-state index contributed by atoms with van der Waals surface area (Å²) in [4.78, 5) is 81.8. The number of ether oxygens (including phenoxy) is 4. The first-order chi connectivity index (χ1) is 28.0. The lowest BCUT2D eigenvalue weighted by Crippen LogP contribution is -2.53. The van der Waals surface area contributed by atoms with Crippen molar-refractivity contribution in [3.05, 3.63) is 71.8 Å². The van der Waals surface area contributed by atoms with Crippen LogP contribution < -0.4 is 10.6 Å².